The van der Waals surface area contributed by atoms with Crippen LogP contribution in [0.3, 0.4) is 0 Å². The second-order valence-corrected chi connectivity index (χ2v) is 8.01. The van der Waals surface area contributed by atoms with Crippen LogP contribution in [-0.4, -0.2) is 24.0 Å². The fraction of sp³-hybridized carbons (Fsp3) is 0.478. The first kappa shape index (κ1) is 17.2. The van der Waals surface area contributed by atoms with Crippen LogP contribution in [0.25, 0.3) is 0 Å². The molecule has 0 aromatic heterocycles. The zero-order valence-corrected chi connectivity index (χ0v) is 15.7. The predicted octanol–water partition coefficient (Wildman–Crippen LogP) is 5.55. The highest BCUT2D eigenvalue weighted by molar-refractivity contribution is 5.35. The molecule has 1 nitrogen and oxygen atoms in total. The molecule has 2 aromatic rings. The maximum atomic E-state index is 2.67. The molecule has 3 rings (SSSR count). The van der Waals surface area contributed by atoms with Crippen molar-refractivity contribution in [2.24, 2.45) is 11.8 Å². The Morgan fingerprint density at radius 2 is 0.958 bits per heavy atom. The van der Waals surface area contributed by atoms with Gasteiger partial charge >= 0.3 is 0 Å². The minimum Gasteiger partial charge on any atom is -0.299 e. The van der Waals surface area contributed by atoms with Crippen molar-refractivity contribution in [2.75, 3.05) is 7.05 Å². The Morgan fingerprint density at radius 3 is 1.25 bits per heavy atom. The fourth-order valence-electron chi connectivity index (χ4n) is 5.06. The molecule has 0 amide bonds. The summed E-state index contributed by atoms with van der Waals surface area (Å²) in [5.74, 6) is 2.36. The zero-order chi connectivity index (χ0) is 17.3. The van der Waals surface area contributed by atoms with E-state index in [-0.39, 0.29) is 0 Å². The van der Waals surface area contributed by atoms with Gasteiger partial charge in [-0.2, -0.15) is 0 Å². The quantitative estimate of drug-likeness (QED) is 0.713. The molecule has 0 bridgehead atoms. The van der Waals surface area contributed by atoms with E-state index in [4.69, 9.17) is 0 Å². The molecule has 128 valence electrons. The van der Waals surface area contributed by atoms with Gasteiger partial charge in [0.1, 0.15) is 0 Å². The fourth-order valence-corrected chi connectivity index (χ4v) is 5.06. The molecular formula is C23H31N. The summed E-state index contributed by atoms with van der Waals surface area (Å²) in [6.07, 6.45) is 0. The maximum Gasteiger partial charge on any atom is 0.0194 e. The molecule has 2 aromatic carbocycles. The number of hydrogen-bond acceptors (Lipinski definition) is 1. The van der Waals surface area contributed by atoms with Gasteiger partial charge in [0.15, 0.2) is 0 Å². The zero-order valence-electron chi connectivity index (χ0n) is 15.7. The van der Waals surface area contributed by atoms with Gasteiger partial charge in [0.05, 0.1) is 0 Å². The third-order valence-electron chi connectivity index (χ3n) is 5.80. The topological polar surface area (TPSA) is 3.24 Å². The Labute approximate surface area is 147 Å². The smallest absolute Gasteiger partial charge is 0.0194 e. The number of benzene rings is 2. The maximum absolute atomic E-state index is 2.67. The van der Waals surface area contributed by atoms with Gasteiger partial charge in [0, 0.05) is 23.9 Å². The molecule has 1 fully saturated rings. The monoisotopic (exact) mass is 321 g/mol. The summed E-state index contributed by atoms with van der Waals surface area (Å²) in [5.41, 5.74) is 2.97. The summed E-state index contributed by atoms with van der Waals surface area (Å²) in [6.45, 7) is 9.51. The van der Waals surface area contributed by atoms with Crippen LogP contribution in [-0.2, 0) is 0 Å². The number of rotatable bonds is 4. The van der Waals surface area contributed by atoms with E-state index in [0.717, 1.165) is 0 Å². The van der Waals surface area contributed by atoms with Gasteiger partial charge in [-0.25, -0.2) is 0 Å². The van der Waals surface area contributed by atoms with Gasteiger partial charge in [-0.15, -0.1) is 0 Å². The van der Waals surface area contributed by atoms with Crippen LogP contribution >= 0.6 is 0 Å². The van der Waals surface area contributed by atoms with Gasteiger partial charge in [-0.1, -0.05) is 88.4 Å². The lowest BCUT2D eigenvalue weighted by Gasteiger charge is -2.32. The summed E-state index contributed by atoms with van der Waals surface area (Å²) in [4.78, 5) is 2.67. The lowest BCUT2D eigenvalue weighted by molar-refractivity contribution is 0.160. The van der Waals surface area contributed by atoms with E-state index in [9.17, 15) is 0 Å². The molecule has 24 heavy (non-hydrogen) atoms. The number of likely N-dealkylation sites (N-methyl/N-ethyl adjacent to an activating group) is 1. The summed E-state index contributed by atoms with van der Waals surface area (Å²) in [5, 5.41) is 0. The largest absolute Gasteiger partial charge is 0.299 e. The molecule has 1 saturated heterocycles. The lowest BCUT2D eigenvalue weighted by Crippen LogP contribution is -2.39. The first-order valence-electron chi connectivity index (χ1n) is 9.34. The molecule has 0 aliphatic carbocycles. The van der Waals surface area contributed by atoms with Crippen molar-refractivity contribution in [2.45, 2.75) is 51.6 Å². The van der Waals surface area contributed by atoms with E-state index in [1.807, 2.05) is 0 Å². The number of hydrogen-bond donors (Lipinski definition) is 0. The SMILES string of the molecule is CC(C)[C@@H]1[C@@H](c2ccccc2)[C@H](c2ccccc2)[C@H](C(C)C)N1C. The van der Waals surface area contributed by atoms with Crippen molar-refractivity contribution in [1.82, 2.24) is 4.90 Å². The highest BCUT2D eigenvalue weighted by Gasteiger charge is 2.49. The van der Waals surface area contributed by atoms with Gasteiger partial charge in [-0.3, -0.25) is 4.90 Å². The first-order chi connectivity index (χ1) is 11.5. The molecule has 1 aliphatic heterocycles. The summed E-state index contributed by atoms with van der Waals surface area (Å²) in [6, 6.07) is 23.5. The van der Waals surface area contributed by atoms with Crippen molar-refractivity contribution >= 4 is 0 Å². The highest BCUT2D eigenvalue weighted by Crippen LogP contribution is 2.51. The van der Waals surface area contributed by atoms with E-state index in [1.165, 1.54) is 11.1 Å². The van der Waals surface area contributed by atoms with Crippen LogP contribution in [0.1, 0.15) is 50.7 Å². The van der Waals surface area contributed by atoms with Gasteiger partial charge in [-0.05, 0) is 30.0 Å². The van der Waals surface area contributed by atoms with Crippen molar-refractivity contribution in [3.05, 3.63) is 71.8 Å². The standard InChI is InChI=1S/C23H31N/c1-16(2)22-20(18-12-8-6-9-13-18)21(19-14-10-7-11-15-19)23(17(3)4)24(22)5/h6-17,20-23H,1-5H3/t20-,21-,22-,23+/m0/s1. The summed E-state index contributed by atoms with van der Waals surface area (Å²) in [7, 11) is 2.34. The van der Waals surface area contributed by atoms with Crippen LogP contribution in [0.15, 0.2) is 60.7 Å². The third-order valence-corrected chi connectivity index (χ3v) is 5.80. The molecule has 1 heterocycles. The first-order valence-corrected chi connectivity index (χ1v) is 9.34. The Morgan fingerprint density at radius 1 is 0.625 bits per heavy atom. The van der Waals surface area contributed by atoms with Crippen LogP contribution < -0.4 is 0 Å². The van der Waals surface area contributed by atoms with Crippen molar-refractivity contribution < 1.29 is 0 Å². The van der Waals surface area contributed by atoms with Gasteiger partial charge in [0.25, 0.3) is 0 Å². The molecule has 0 radical (unpaired) electrons. The second-order valence-electron chi connectivity index (χ2n) is 8.01. The summed E-state index contributed by atoms with van der Waals surface area (Å²) >= 11 is 0. The predicted molar refractivity (Wildman–Crippen MR) is 103 cm³/mol. The minimum atomic E-state index is 0.547. The number of likely N-dealkylation sites (tertiary alicyclic amines) is 1. The van der Waals surface area contributed by atoms with Crippen molar-refractivity contribution in [3.63, 3.8) is 0 Å². The number of nitrogens with zero attached hydrogens (tertiary/aromatic N) is 1. The molecule has 1 heteroatoms. The Hall–Kier alpha value is -1.60. The Bertz CT molecular complexity index is 574. The minimum absolute atomic E-state index is 0.547. The summed E-state index contributed by atoms with van der Waals surface area (Å²) < 4.78 is 0. The average Bonchev–Trinajstić information content (AvgIpc) is 2.90. The molecule has 0 spiro atoms. The van der Waals surface area contributed by atoms with Crippen LogP contribution in [0, 0.1) is 11.8 Å². The lowest BCUT2D eigenvalue weighted by atomic mass is 9.74. The van der Waals surface area contributed by atoms with E-state index in [2.05, 4.69) is 100 Å². The van der Waals surface area contributed by atoms with E-state index in [1.54, 1.807) is 0 Å². The molecule has 4 atom stereocenters. The Balaban J connectivity index is 2.15. The molecule has 1 aliphatic rings. The van der Waals surface area contributed by atoms with E-state index >= 15 is 0 Å². The molecule has 0 unspecified atom stereocenters. The molecule has 0 N–H and O–H groups in total. The Kier molecular flexibility index (Phi) is 5.10. The van der Waals surface area contributed by atoms with Crippen molar-refractivity contribution in [1.29, 1.82) is 0 Å². The van der Waals surface area contributed by atoms with Crippen LogP contribution in [0.4, 0.5) is 0 Å². The normalized spacial score (nSPS) is 28.0. The second kappa shape index (κ2) is 7.11. The van der Waals surface area contributed by atoms with E-state index in [0.29, 0.717) is 35.8 Å². The van der Waals surface area contributed by atoms with Gasteiger partial charge < -0.3 is 0 Å². The third kappa shape index (κ3) is 3.02. The molecule has 0 saturated carbocycles. The van der Waals surface area contributed by atoms with Crippen molar-refractivity contribution in [3.8, 4) is 0 Å². The highest BCUT2D eigenvalue weighted by atomic mass is 15.2. The van der Waals surface area contributed by atoms with Gasteiger partial charge in [0.2, 0.25) is 0 Å². The van der Waals surface area contributed by atoms with Crippen LogP contribution in [0.5, 0.6) is 0 Å². The van der Waals surface area contributed by atoms with Crippen LogP contribution in [0.2, 0.25) is 0 Å². The molecular weight excluding hydrogens is 290 g/mol. The average molecular weight is 322 g/mol. The van der Waals surface area contributed by atoms with E-state index < -0.39 is 0 Å².